The van der Waals surface area contributed by atoms with Crippen LogP contribution in [-0.2, 0) is 0 Å². The molecule has 3 nitrogen and oxygen atoms in total. The van der Waals surface area contributed by atoms with Gasteiger partial charge in [-0.3, -0.25) is 5.32 Å². The summed E-state index contributed by atoms with van der Waals surface area (Å²) < 4.78 is 0. The maximum absolute atomic E-state index is 9.18. The molecule has 3 heteroatoms. The third-order valence-electron chi connectivity index (χ3n) is 3.05. The summed E-state index contributed by atoms with van der Waals surface area (Å²) in [5, 5.41) is 12.5. The van der Waals surface area contributed by atoms with Crippen LogP contribution in [0.15, 0.2) is 0 Å². The Hall–Kier alpha value is -0.590. The van der Waals surface area contributed by atoms with Gasteiger partial charge in [0.1, 0.15) is 5.54 Å². The lowest BCUT2D eigenvalue weighted by Gasteiger charge is -2.30. The van der Waals surface area contributed by atoms with Crippen LogP contribution < -0.4 is 5.32 Å². The first-order valence-corrected chi connectivity index (χ1v) is 6.09. The Morgan fingerprint density at radius 2 is 1.87 bits per heavy atom. The number of rotatable bonds is 4. The van der Waals surface area contributed by atoms with Gasteiger partial charge in [0.05, 0.1) is 6.07 Å². The van der Waals surface area contributed by atoms with Gasteiger partial charge in [0, 0.05) is 6.54 Å². The lowest BCUT2D eigenvalue weighted by molar-refractivity contribution is 0.228. The van der Waals surface area contributed by atoms with Gasteiger partial charge in [0.15, 0.2) is 0 Å². The minimum atomic E-state index is -0.376. The van der Waals surface area contributed by atoms with E-state index in [0.717, 1.165) is 26.2 Å². The number of hydrogen-bond acceptors (Lipinski definition) is 3. The van der Waals surface area contributed by atoms with Crippen molar-refractivity contribution in [2.45, 2.75) is 45.1 Å². The molecule has 0 aliphatic carbocycles. The van der Waals surface area contributed by atoms with Gasteiger partial charge in [-0.1, -0.05) is 19.8 Å². The Morgan fingerprint density at radius 1 is 1.27 bits per heavy atom. The van der Waals surface area contributed by atoms with Gasteiger partial charge in [-0.2, -0.15) is 5.26 Å². The van der Waals surface area contributed by atoms with Crippen LogP contribution in [-0.4, -0.2) is 36.6 Å². The highest BCUT2D eigenvalue weighted by Crippen LogP contribution is 2.13. The van der Waals surface area contributed by atoms with E-state index in [0.29, 0.717) is 0 Å². The van der Waals surface area contributed by atoms with Gasteiger partial charge >= 0.3 is 0 Å². The molecular weight excluding hydrogens is 186 g/mol. The summed E-state index contributed by atoms with van der Waals surface area (Å²) in [7, 11) is 0. The van der Waals surface area contributed by atoms with E-state index in [9.17, 15) is 5.26 Å². The second-order valence-corrected chi connectivity index (χ2v) is 4.66. The summed E-state index contributed by atoms with van der Waals surface area (Å²) >= 11 is 0. The molecule has 15 heavy (non-hydrogen) atoms. The molecular formula is C12H23N3. The number of likely N-dealkylation sites (N-methyl/N-ethyl adjacent to an activating group) is 1. The normalized spacial score (nSPS) is 22.7. The molecule has 0 aromatic carbocycles. The van der Waals surface area contributed by atoms with Gasteiger partial charge in [-0.25, -0.2) is 0 Å². The van der Waals surface area contributed by atoms with Crippen molar-refractivity contribution in [3.63, 3.8) is 0 Å². The lowest BCUT2D eigenvalue weighted by Crippen LogP contribution is -2.50. The quantitative estimate of drug-likeness (QED) is 0.766. The van der Waals surface area contributed by atoms with Crippen molar-refractivity contribution in [3.05, 3.63) is 0 Å². The van der Waals surface area contributed by atoms with Crippen LogP contribution in [0.3, 0.4) is 0 Å². The van der Waals surface area contributed by atoms with Gasteiger partial charge < -0.3 is 4.90 Å². The molecule has 1 rings (SSSR count). The number of nitrogens with one attached hydrogen (secondary N) is 1. The van der Waals surface area contributed by atoms with Gasteiger partial charge in [-0.05, 0) is 39.4 Å². The molecule has 0 aromatic heterocycles. The second kappa shape index (κ2) is 6.09. The fraction of sp³-hybridized carbons (Fsp3) is 0.917. The van der Waals surface area contributed by atoms with Crippen molar-refractivity contribution in [2.24, 2.45) is 0 Å². The molecule has 0 spiro atoms. The fourth-order valence-electron chi connectivity index (χ4n) is 2.26. The maximum atomic E-state index is 9.18. The predicted octanol–water partition coefficient (Wildman–Crippen LogP) is 1.75. The number of hydrogen-bond donors (Lipinski definition) is 1. The highest BCUT2D eigenvalue weighted by molar-refractivity contribution is 5.05. The minimum absolute atomic E-state index is 0.376. The van der Waals surface area contributed by atoms with E-state index in [1.54, 1.807) is 0 Å². The first-order valence-electron chi connectivity index (χ1n) is 6.09. The molecule has 1 aliphatic heterocycles. The number of nitriles is 1. The van der Waals surface area contributed by atoms with E-state index in [-0.39, 0.29) is 5.54 Å². The first kappa shape index (κ1) is 12.5. The van der Waals surface area contributed by atoms with Crippen LogP contribution >= 0.6 is 0 Å². The van der Waals surface area contributed by atoms with Crippen LogP contribution in [0.25, 0.3) is 0 Å². The SMILES string of the molecule is CCNC(C)(C#N)CN1CCCCCC1. The van der Waals surface area contributed by atoms with Crippen molar-refractivity contribution in [1.29, 1.82) is 5.26 Å². The van der Waals surface area contributed by atoms with Crippen molar-refractivity contribution in [3.8, 4) is 6.07 Å². The highest BCUT2D eigenvalue weighted by Gasteiger charge is 2.25. The van der Waals surface area contributed by atoms with Crippen molar-refractivity contribution < 1.29 is 0 Å². The second-order valence-electron chi connectivity index (χ2n) is 4.66. The molecule has 86 valence electrons. The third-order valence-corrected chi connectivity index (χ3v) is 3.05. The Morgan fingerprint density at radius 3 is 2.33 bits per heavy atom. The molecule has 1 unspecified atom stereocenters. The van der Waals surface area contributed by atoms with Crippen LogP contribution in [0, 0.1) is 11.3 Å². The minimum Gasteiger partial charge on any atom is -0.300 e. The summed E-state index contributed by atoms with van der Waals surface area (Å²) in [6, 6.07) is 2.39. The topological polar surface area (TPSA) is 39.1 Å². The van der Waals surface area contributed by atoms with Gasteiger partial charge in [0.25, 0.3) is 0 Å². The molecule has 1 saturated heterocycles. The van der Waals surface area contributed by atoms with Crippen LogP contribution in [0.4, 0.5) is 0 Å². The summed E-state index contributed by atoms with van der Waals surface area (Å²) in [5.74, 6) is 0. The van der Waals surface area contributed by atoms with Crippen LogP contribution in [0.2, 0.25) is 0 Å². The molecule has 1 aliphatic rings. The molecule has 0 bridgehead atoms. The first-order chi connectivity index (χ1) is 7.20. The van der Waals surface area contributed by atoms with Crippen LogP contribution in [0.1, 0.15) is 39.5 Å². The molecule has 1 N–H and O–H groups in total. The summed E-state index contributed by atoms with van der Waals surface area (Å²) in [5.41, 5.74) is -0.376. The number of nitrogens with zero attached hydrogens (tertiary/aromatic N) is 2. The Bertz CT molecular complexity index is 213. The average Bonchev–Trinajstić information content (AvgIpc) is 2.47. The van der Waals surface area contributed by atoms with E-state index in [1.165, 1.54) is 25.7 Å². The fourth-order valence-corrected chi connectivity index (χ4v) is 2.26. The van der Waals surface area contributed by atoms with E-state index in [1.807, 2.05) is 6.92 Å². The largest absolute Gasteiger partial charge is 0.300 e. The zero-order chi connectivity index (χ0) is 11.1. The maximum Gasteiger partial charge on any atom is 0.116 e. The summed E-state index contributed by atoms with van der Waals surface area (Å²) in [6.07, 6.45) is 5.27. The zero-order valence-corrected chi connectivity index (χ0v) is 10.1. The van der Waals surface area contributed by atoms with Gasteiger partial charge in [-0.15, -0.1) is 0 Å². The predicted molar refractivity (Wildman–Crippen MR) is 62.6 cm³/mol. The molecule has 1 fully saturated rings. The number of likely N-dealkylation sites (tertiary alicyclic amines) is 1. The average molecular weight is 209 g/mol. The standard InChI is InChI=1S/C12H23N3/c1-3-14-12(2,10-13)11-15-8-6-4-5-7-9-15/h14H,3-9,11H2,1-2H3. The highest BCUT2D eigenvalue weighted by atomic mass is 15.2. The van der Waals surface area contributed by atoms with Crippen LogP contribution in [0.5, 0.6) is 0 Å². The molecule has 1 heterocycles. The van der Waals surface area contributed by atoms with Crippen molar-refractivity contribution >= 4 is 0 Å². The van der Waals surface area contributed by atoms with E-state index in [2.05, 4.69) is 23.2 Å². The van der Waals surface area contributed by atoms with E-state index in [4.69, 9.17) is 0 Å². The zero-order valence-electron chi connectivity index (χ0n) is 10.1. The summed E-state index contributed by atoms with van der Waals surface area (Å²) in [6.45, 7) is 8.08. The van der Waals surface area contributed by atoms with Crippen molar-refractivity contribution in [1.82, 2.24) is 10.2 Å². The lowest BCUT2D eigenvalue weighted by atomic mass is 10.0. The van der Waals surface area contributed by atoms with Crippen molar-refractivity contribution in [2.75, 3.05) is 26.2 Å². The molecule has 0 radical (unpaired) electrons. The molecule has 0 saturated carbocycles. The Kier molecular flexibility index (Phi) is 5.07. The molecule has 0 aromatic rings. The summed E-state index contributed by atoms with van der Waals surface area (Å²) in [4.78, 5) is 2.43. The molecule has 1 atom stereocenters. The van der Waals surface area contributed by atoms with E-state index < -0.39 is 0 Å². The van der Waals surface area contributed by atoms with E-state index >= 15 is 0 Å². The monoisotopic (exact) mass is 209 g/mol. The third kappa shape index (κ3) is 4.19. The Balaban J connectivity index is 2.46. The smallest absolute Gasteiger partial charge is 0.116 e. The Labute approximate surface area is 93.5 Å². The van der Waals surface area contributed by atoms with Gasteiger partial charge in [0.2, 0.25) is 0 Å². The molecule has 0 amide bonds.